The number of aryl methyl sites for hydroxylation is 2. The summed E-state index contributed by atoms with van der Waals surface area (Å²) >= 11 is 1.38. The molecule has 1 aromatic carbocycles. The van der Waals surface area contributed by atoms with E-state index in [1.54, 1.807) is 0 Å². The maximum Gasteiger partial charge on any atom is 0.180 e. The van der Waals surface area contributed by atoms with Gasteiger partial charge in [-0.25, -0.2) is 4.98 Å². The van der Waals surface area contributed by atoms with Crippen molar-refractivity contribution < 1.29 is 4.79 Å². The summed E-state index contributed by atoms with van der Waals surface area (Å²) in [6.45, 7) is 0. The van der Waals surface area contributed by atoms with Crippen molar-refractivity contribution in [1.82, 2.24) is 4.98 Å². The van der Waals surface area contributed by atoms with Gasteiger partial charge >= 0.3 is 0 Å². The second-order valence-electron chi connectivity index (χ2n) is 5.03. The quantitative estimate of drug-likeness (QED) is 0.930. The van der Waals surface area contributed by atoms with Gasteiger partial charge in [0.25, 0.3) is 0 Å². The molecule has 2 N–H and O–H groups in total. The highest BCUT2D eigenvalue weighted by Crippen LogP contribution is 2.23. The molecule has 2 aromatic rings. The van der Waals surface area contributed by atoms with E-state index in [9.17, 15) is 4.79 Å². The average Bonchev–Trinajstić information content (AvgIpc) is 2.97. The number of carbonyl (C=O) groups excluding carboxylic acids is 1. The zero-order chi connectivity index (χ0) is 13.2. The van der Waals surface area contributed by atoms with Gasteiger partial charge in [0.2, 0.25) is 0 Å². The van der Waals surface area contributed by atoms with E-state index in [1.165, 1.54) is 35.3 Å². The fraction of sp³-hybridized carbons (Fsp3) is 0.333. The molecule has 1 heterocycles. The molecule has 0 atom stereocenters. The zero-order valence-electron chi connectivity index (χ0n) is 10.7. The molecule has 0 aliphatic heterocycles. The Bertz CT molecular complexity index is 618. The van der Waals surface area contributed by atoms with Crippen molar-refractivity contribution in [1.29, 1.82) is 0 Å². The van der Waals surface area contributed by atoms with Gasteiger partial charge in [-0.1, -0.05) is 18.2 Å². The summed E-state index contributed by atoms with van der Waals surface area (Å²) in [6.07, 6.45) is 4.45. The number of thiazole rings is 1. The second kappa shape index (κ2) is 5.13. The number of hydrogen-bond donors (Lipinski definition) is 1. The third kappa shape index (κ3) is 2.84. The summed E-state index contributed by atoms with van der Waals surface area (Å²) in [5, 5.41) is 2.39. The topological polar surface area (TPSA) is 56.0 Å². The van der Waals surface area contributed by atoms with E-state index in [2.05, 4.69) is 23.2 Å². The minimum Gasteiger partial charge on any atom is -0.375 e. The molecule has 0 unspecified atom stereocenters. The van der Waals surface area contributed by atoms with Crippen molar-refractivity contribution in [3.63, 3.8) is 0 Å². The third-order valence-electron chi connectivity index (χ3n) is 3.51. The molecule has 0 saturated heterocycles. The van der Waals surface area contributed by atoms with Gasteiger partial charge < -0.3 is 5.73 Å². The first-order valence-electron chi connectivity index (χ1n) is 6.53. The molecule has 1 aliphatic rings. The molecule has 4 heteroatoms. The van der Waals surface area contributed by atoms with E-state index in [0.717, 1.165) is 17.7 Å². The number of hydrogen-bond acceptors (Lipinski definition) is 4. The highest BCUT2D eigenvalue weighted by atomic mass is 32.1. The Morgan fingerprint density at radius 2 is 2.11 bits per heavy atom. The van der Waals surface area contributed by atoms with Crippen LogP contribution in [-0.4, -0.2) is 10.8 Å². The van der Waals surface area contributed by atoms with E-state index in [1.807, 2.05) is 5.38 Å². The van der Waals surface area contributed by atoms with Crippen LogP contribution in [0.1, 0.15) is 28.8 Å². The first kappa shape index (κ1) is 12.4. The number of Topliss-reactive ketones (excluding diaryl/α,β-unsaturated/α-hetero) is 1. The number of ketones is 1. The van der Waals surface area contributed by atoms with Crippen LogP contribution in [0.3, 0.4) is 0 Å². The minimum absolute atomic E-state index is 0.197. The summed E-state index contributed by atoms with van der Waals surface area (Å²) in [6, 6.07) is 6.44. The van der Waals surface area contributed by atoms with Crippen LogP contribution >= 0.6 is 11.3 Å². The van der Waals surface area contributed by atoms with Crippen molar-refractivity contribution >= 4 is 22.3 Å². The van der Waals surface area contributed by atoms with Gasteiger partial charge in [-0.05, 0) is 36.0 Å². The lowest BCUT2D eigenvalue weighted by Gasteiger charge is -2.04. The van der Waals surface area contributed by atoms with Crippen LogP contribution in [0.15, 0.2) is 23.6 Å². The van der Waals surface area contributed by atoms with E-state index >= 15 is 0 Å². The van der Waals surface area contributed by atoms with Crippen LogP contribution in [0.25, 0.3) is 0 Å². The van der Waals surface area contributed by atoms with Crippen LogP contribution < -0.4 is 5.73 Å². The molecule has 0 amide bonds. The Kier molecular flexibility index (Phi) is 3.34. The number of nitrogens with zero attached hydrogens (tertiary/aromatic N) is 1. The predicted molar refractivity (Wildman–Crippen MR) is 77.4 cm³/mol. The van der Waals surface area contributed by atoms with E-state index in [0.29, 0.717) is 18.0 Å². The van der Waals surface area contributed by atoms with Gasteiger partial charge in [-0.15, -0.1) is 11.3 Å². The van der Waals surface area contributed by atoms with Gasteiger partial charge in [0.15, 0.2) is 5.13 Å². The van der Waals surface area contributed by atoms with E-state index < -0.39 is 0 Å². The fourth-order valence-electron chi connectivity index (χ4n) is 2.63. The van der Waals surface area contributed by atoms with Crippen LogP contribution in [-0.2, 0) is 30.5 Å². The highest BCUT2D eigenvalue weighted by molar-refractivity contribution is 7.13. The Morgan fingerprint density at radius 3 is 2.89 bits per heavy atom. The predicted octanol–water partition coefficient (Wildman–Crippen LogP) is 2.57. The van der Waals surface area contributed by atoms with Crippen molar-refractivity contribution in [3.05, 3.63) is 46.0 Å². The SMILES string of the molecule is Nc1nc(CC(=O)Cc2ccc3c(c2)CCC3)cs1. The van der Waals surface area contributed by atoms with E-state index in [4.69, 9.17) is 5.73 Å². The molecule has 19 heavy (non-hydrogen) atoms. The number of anilines is 1. The summed E-state index contributed by atoms with van der Waals surface area (Å²) in [7, 11) is 0. The fourth-order valence-corrected chi connectivity index (χ4v) is 3.19. The number of nitrogens with two attached hydrogens (primary N) is 1. The van der Waals surface area contributed by atoms with Gasteiger partial charge in [0.05, 0.1) is 5.69 Å². The summed E-state index contributed by atoms with van der Waals surface area (Å²) in [5.74, 6) is 0.197. The van der Waals surface area contributed by atoms with Gasteiger partial charge in [0.1, 0.15) is 5.78 Å². The van der Waals surface area contributed by atoms with Gasteiger partial charge in [0, 0.05) is 18.2 Å². The Balaban J connectivity index is 1.66. The van der Waals surface area contributed by atoms with Crippen molar-refractivity contribution in [2.75, 3.05) is 5.73 Å². The zero-order valence-corrected chi connectivity index (χ0v) is 11.5. The number of aromatic nitrogens is 1. The normalized spacial score (nSPS) is 13.5. The number of benzene rings is 1. The third-order valence-corrected chi connectivity index (χ3v) is 4.23. The second-order valence-corrected chi connectivity index (χ2v) is 5.92. The number of carbonyl (C=O) groups is 1. The standard InChI is InChI=1S/C15H16N2OS/c16-15-17-13(9-19-15)8-14(18)7-10-4-5-11-2-1-3-12(11)6-10/h4-6,9H,1-3,7-8H2,(H2,16,17). The monoisotopic (exact) mass is 272 g/mol. The van der Waals surface area contributed by atoms with Crippen LogP contribution in [0.5, 0.6) is 0 Å². The molecule has 98 valence electrons. The first-order valence-corrected chi connectivity index (χ1v) is 7.41. The number of fused-ring (bicyclic) bond motifs is 1. The largest absolute Gasteiger partial charge is 0.375 e. The molecule has 0 spiro atoms. The minimum atomic E-state index is 0.197. The van der Waals surface area contributed by atoms with Gasteiger partial charge in [-0.2, -0.15) is 0 Å². The highest BCUT2D eigenvalue weighted by Gasteiger charge is 2.13. The lowest BCUT2D eigenvalue weighted by molar-refractivity contribution is -0.117. The first-order chi connectivity index (χ1) is 9.20. The molecular formula is C15H16N2OS. The molecule has 1 aliphatic carbocycles. The molecule has 3 rings (SSSR count). The number of rotatable bonds is 4. The van der Waals surface area contributed by atoms with Crippen LogP contribution in [0.2, 0.25) is 0 Å². The lowest BCUT2D eigenvalue weighted by atomic mass is 10.0. The lowest BCUT2D eigenvalue weighted by Crippen LogP contribution is -2.07. The molecule has 3 nitrogen and oxygen atoms in total. The van der Waals surface area contributed by atoms with E-state index in [-0.39, 0.29) is 5.78 Å². The molecule has 0 radical (unpaired) electrons. The van der Waals surface area contributed by atoms with Crippen LogP contribution in [0, 0.1) is 0 Å². The maximum atomic E-state index is 12.0. The van der Waals surface area contributed by atoms with Gasteiger partial charge in [-0.3, -0.25) is 4.79 Å². The summed E-state index contributed by atoms with van der Waals surface area (Å²) in [5.41, 5.74) is 10.3. The van der Waals surface area contributed by atoms with Crippen molar-refractivity contribution in [3.8, 4) is 0 Å². The summed E-state index contributed by atoms with van der Waals surface area (Å²) < 4.78 is 0. The Hall–Kier alpha value is -1.68. The Labute approximate surface area is 116 Å². The molecule has 0 fully saturated rings. The summed E-state index contributed by atoms with van der Waals surface area (Å²) in [4.78, 5) is 16.1. The average molecular weight is 272 g/mol. The van der Waals surface area contributed by atoms with Crippen molar-refractivity contribution in [2.45, 2.75) is 32.1 Å². The maximum absolute atomic E-state index is 12.0. The molecular weight excluding hydrogens is 256 g/mol. The molecule has 0 saturated carbocycles. The Morgan fingerprint density at radius 1 is 1.26 bits per heavy atom. The smallest absolute Gasteiger partial charge is 0.180 e. The number of nitrogen functional groups attached to an aromatic ring is 1. The van der Waals surface area contributed by atoms with Crippen LogP contribution in [0.4, 0.5) is 5.13 Å². The molecule has 1 aromatic heterocycles. The molecule has 0 bridgehead atoms. The van der Waals surface area contributed by atoms with Crippen molar-refractivity contribution in [2.24, 2.45) is 0 Å².